The summed E-state index contributed by atoms with van der Waals surface area (Å²) in [7, 11) is 0. The van der Waals surface area contributed by atoms with Crippen molar-refractivity contribution in [3.8, 4) is 0 Å². The highest BCUT2D eigenvalue weighted by Gasteiger charge is 2.38. The number of hydrogen-bond acceptors (Lipinski definition) is 4. The summed E-state index contributed by atoms with van der Waals surface area (Å²) in [6.45, 7) is 1.83. The molecule has 5 nitrogen and oxygen atoms in total. The summed E-state index contributed by atoms with van der Waals surface area (Å²) in [4.78, 5) is 30.1. The van der Waals surface area contributed by atoms with Crippen molar-refractivity contribution >= 4 is 17.5 Å². The second-order valence-electron chi connectivity index (χ2n) is 6.99. The van der Waals surface area contributed by atoms with Crippen molar-refractivity contribution in [3.63, 3.8) is 0 Å². The third-order valence-electron chi connectivity index (χ3n) is 5.13. The second kappa shape index (κ2) is 7.38. The molecule has 2 N–H and O–H groups in total. The Bertz CT molecular complexity index is 994. The Morgan fingerprint density at radius 1 is 1.18 bits per heavy atom. The van der Waals surface area contributed by atoms with Crippen LogP contribution in [0.3, 0.4) is 0 Å². The molecule has 4 rings (SSSR count). The topological polar surface area (TPSA) is 71.1 Å². The van der Waals surface area contributed by atoms with E-state index in [1.165, 1.54) is 12.1 Å². The van der Waals surface area contributed by atoms with E-state index in [9.17, 15) is 14.0 Å². The maximum absolute atomic E-state index is 13.5. The molecule has 2 aliphatic rings. The number of amides is 1. The standard InChI is InChI=1S/C22H20FN3O2/c1-13-19(22(28)26-18-7-2-3-12-24-18)20(14-8-10-15(23)11-9-14)21-16(25-13)5-4-6-17(21)27/h2-3,7-12,20,25H,4-6H2,1H3,(H,24,26,28)/t20-/m1/s1. The molecule has 142 valence electrons. The highest BCUT2D eigenvalue weighted by Crippen LogP contribution is 2.42. The number of dihydropyridines is 1. The molecule has 0 unspecified atom stereocenters. The van der Waals surface area contributed by atoms with Crippen LogP contribution in [-0.2, 0) is 9.59 Å². The smallest absolute Gasteiger partial charge is 0.255 e. The molecule has 2 aromatic rings. The minimum atomic E-state index is -0.534. The van der Waals surface area contributed by atoms with Gasteiger partial charge >= 0.3 is 0 Å². The van der Waals surface area contributed by atoms with Crippen molar-refractivity contribution in [3.05, 3.63) is 82.6 Å². The first kappa shape index (κ1) is 18.1. The van der Waals surface area contributed by atoms with Crippen molar-refractivity contribution in [1.82, 2.24) is 10.3 Å². The molecule has 0 saturated carbocycles. The number of carbonyl (C=O) groups excluding carboxylic acids is 2. The SMILES string of the molecule is CC1=C(C(=O)Nc2ccccn2)[C@@H](c2ccc(F)cc2)C2=C(CCCC2=O)N1. The monoisotopic (exact) mass is 377 g/mol. The number of anilines is 1. The van der Waals surface area contributed by atoms with Crippen molar-refractivity contribution in [2.75, 3.05) is 5.32 Å². The van der Waals surface area contributed by atoms with Crippen LogP contribution in [0.1, 0.15) is 37.7 Å². The van der Waals surface area contributed by atoms with Gasteiger partial charge in [-0.1, -0.05) is 18.2 Å². The van der Waals surface area contributed by atoms with E-state index in [1.807, 2.05) is 6.92 Å². The Balaban J connectivity index is 1.79. The zero-order valence-electron chi connectivity index (χ0n) is 15.5. The lowest BCUT2D eigenvalue weighted by Gasteiger charge is -2.34. The van der Waals surface area contributed by atoms with Gasteiger partial charge in [0.2, 0.25) is 0 Å². The number of rotatable bonds is 3. The summed E-state index contributed by atoms with van der Waals surface area (Å²) in [6.07, 6.45) is 3.58. The molecule has 6 heteroatoms. The highest BCUT2D eigenvalue weighted by molar-refractivity contribution is 6.09. The Hall–Kier alpha value is -3.28. The van der Waals surface area contributed by atoms with Gasteiger partial charge in [-0.25, -0.2) is 9.37 Å². The number of hydrogen-bond donors (Lipinski definition) is 2. The summed E-state index contributed by atoms with van der Waals surface area (Å²) < 4.78 is 13.5. The Kier molecular flexibility index (Phi) is 4.77. The first-order valence-electron chi connectivity index (χ1n) is 9.26. The number of ketones is 1. The van der Waals surface area contributed by atoms with Crippen molar-refractivity contribution in [2.45, 2.75) is 32.1 Å². The third-order valence-corrected chi connectivity index (χ3v) is 5.13. The van der Waals surface area contributed by atoms with Gasteiger partial charge in [-0.05, 0) is 49.6 Å². The number of carbonyl (C=O) groups is 2. The molecule has 1 atom stereocenters. The van der Waals surface area contributed by atoms with Gasteiger partial charge in [0.15, 0.2) is 5.78 Å². The molecule has 0 fully saturated rings. The average molecular weight is 377 g/mol. The Morgan fingerprint density at radius 2 is 1.96 bits per heavy atom. The van der Waals surface area contributed by atoms with Crippen LogP contribution < -0.4 is 10.6 Å². The number of aromatic nitrogens is 1. The third kappa shape index (κ3) is 3.33. The van der Waals surface area contributed by atoms with E-state index >= 15 is 0 Å². The van der Waals surface area contributed by atoms with Gasteiger partial charge in [0.25, 0.3) is 5.91 Å². The number of pyridine rings is 1. The quantitative estimate of drug-likeness (QED) is 0.853. The fourth-order valence-electron chi connectivity index (χ4n) is 3.89. The van der Waals surface area contributed by atoms with Gasteiger partial charge in [-0.15, -0.1) is 0 Å². The average Bonchev–Trinajstić information content (AvgIpc) is 2.68. The number of Topliss-reactive ketones (excluding diaryl/α,β-unsaturated/α-hetero) is 1. The van der Waals surface area contributed by atoms with Crippen LogP contribution in [0.2, 0.25) is 0 Å². The van der Waals surface area contributed by atoms with Crippen LogP contribution in [0.25, 0.3) is 0 Å². The molecule has 0 spiro atoms. The normalized spacial score (nSPS) is 19.2. The molecule has 1 amide bonds. The zero-order chi connectivity index (χ0) is 19.7. The van der Waals surface area contributed by atoms with Crippen molar-refractivity contribution in [1.29, 1.82) is 0 Å². The predicted octanol–water partition coefficient (Wildman–Crippen LogP) is 3.83. The van der Waals surface area contributed by atoms with E-state index in [4.69, 9.17) is 0 Å². The molecular weight excluding hydrogens is 357 g/mol. The zero-order valence-corrected chi connectivity index (χ0v) is 15.5. The molecule has 0 saturated heterocycles. The second-order valence-corrected chi connectivity index (χ2v) is 6.99. The van der Waals surface area contributed by atoms with E-state index in [-0.39, 0.29) is 17.5 Å². The molecule has 1 aliphatic heterocycles. The number of nitrogens with zero attached hydrogens (tertiary/aromatic N) is 1. The van der Waals surface area contributed by atoms with Crippen molar-refractivity contribution < 1.29 is 14.0 Å². The summed E-state index contributed by atoms with van der Waals surface area (Å²) >= 11 is 0. The van der Waals surface area contributed by atoms with E-state index in [1.54, 1.807) is 36.5 Å². The lowest BCUT2D eigenvalue weighted by atomic mass is 9.75. The minimum Gasteiger partial charge on any atom is -0.362 e. The van der Waals surface area contributed by atoms with Crippen molar-refractivity contribution in [2.24, 2.45) is 0 Å². The summed E-state index contributed by atoms with van der Waals surface area (Å²) in [5, 5.41) is 6.07. The van der Waals surface area contributed by atoms with Gasteiger partial charge in [0, 0.05) is 41.1 Å². The van der Waals surface area contributed by atoms with Crippen LogP contribution in [0.4, 0.5) is 10.2 Å². The van der Waals surface area contributed by atoms with Crippen LogP contribution in [0.5, 0.6) is 0 Å². The molecule has 28 heavy (non-hydrogen) atoms. The molecule has 0 bridgehead atoms. The Labute approximate surface area is 162 Å². The summed E-state index contributed by atoms with van der Waals surface area (Å²) in [6, 6.07) is 11.2. The fourth-order valence-corrected chi connectivity index (χ4v) is 3.89. The molecule has 1 aromatic heterocycles. The van der Waals surface area contributed by atoms with Crippen LogP contribution in [-0.4, -0.2) is 16.7 Å². The lowest BCUT2D eigenvalue weighted by Crippen LogP contribution is -2.35. The fraction of sp³-hybridized carbons (Fsp3) is 0.227. The highest BCUT2D eigenvalue weighted by atomic mass is 19.1. The van der Waals surface area contributed by atoms with Gasteiger partial charge in [-0.3, -0.25) is 9.59 Å². The summed E-state index contributed by atoms with van der Waals surface area (Å²) in [5.74, 6) is -0.766. The largest absolute Gasteiger partial charge is 0.362 e. The molecule has 0 radical (unpaired) electrons. The lowest BCUT2D eigenvalue weighted by molar-refractivity contribution is -0.116. The molecule has 1 aliphatic carbocycles. The van der Waals surface area contributed by atoms with Gasteiger partial charge in [0.1, 0.15) is 11.6 Å². The van der Waals surface area contributed by atoms with Crippen LogP contribution in [0, 0.1) is 5.82 Å². The van der Waals surface area contributed by atoms with Gasteiger partial charge < -0.3 is 10.6 Å². The molecular formula is C22H20FN3O2. The number of nitrogens with one attached hydrogen (secondary N) is 2. The van der Waals surface area contributed by atoms with Crippen LogP contribution >= 0.6 is 0 Å². The maximum atomic E-state index is 13.5. The van der Waals surface area contributed by atoms with Gasteiger partial charge in [-0.2, -0.15) is 0 Å². The maximum Gasteiger partial charge on any atom is 0.255 e. The van der Waals surface area contributed by atoms with Gasteiger partial charge in [0.05, 0.1) is 0 Å². The number of allylic oxidation sites excluding steroid dienone is 3. The molecule has 1 aromatic carbocycles. The number of halogens is 1. The summed E-state index contributed by atoms with van der Waals surface area (Å²) in [5.41, 5.74) is 3.32. The Morgan fingerprint density at radius 3 is 2.68 bits per heavy atom. The first-order valence-corrected chi connectivity index (χ1v) is 9.26. The molecule has 2 heterocycles. The minimum absolute atomic E-state index is 0.0266. The predicted molar refractivity (Wildman–Crippen MR) is 104 cm³/mol. The first-order chi connectivity index (χ1) is 13.5. The van der Waals surface area contributed by atoms with E-state index in [0.717, 1.165) is 24.1 Å². The van der Waals surface area contributed by atoms with E-state index in [2.05, 4.69) is 15.6 Å². The van der Waals surface area contributed by atoms with E-state index in [0.29, 0.717) is 29.1 Å². The van der Waals surface area contributed by atoms with Crippen LogP contribution in [0.15, 0.2) is 71.2 Å². The van der Waals surface area contributed by atoms with E-state index < -0.39 is 5.92 Å². The number of benzene rings is 1.